The fourth-order valence-electron chi connectivity index (χ4n) is 6.96. The van der Waals surface area contributed by atoms with Gasteiger partial charge < -0.3 is 0 Å². The maximum Gasteiger partial charge on any atom is 0.245 e. The molecule has 0 spiro atoms. The maximum absolute atomic E-state index is 2.36. The molecule has 1 aliphatic heterocycles. The zero-order valence-corrected chi connectivity index (χ0v) is 25.3. The zero-order chi connectivity index (χ0) is 29.2. The summed E-state index contributed by atoms with van der Waals surface area (Å²) in [6, 6.07) is 48.8. The van der Waals surface area contributed by atoms with E-state index in [2.05, 4.69) is 168 Å². The van der Waals surface area contributed by atoms with Crippen molar-refractivity contribution in [2.45, 2.75) is 34.6 Å². The fourth-order valence-corrected chi connectivity index (χ4v) is 6.96. The van der Waals surface area contributed by atoms with E-state index in [0.717, 1.165) is 0 Å². The van der Waals surface area contributed by atoms with Crippen molar-refractivity contribution >= 4 is 34.3 Å². The molecule has 0 saturated heterocycles. The van der Waals surface area contributed by atoms with Gasteiger partial charge in [0, 0.05) is 0 Å². The van der Waals surface area contributed by atoms with E-state index >= 15 is 0 Å². The van der Waals surface area contributed by atoms with Gasteiger partial charge in [0.15, 0.2) is 0 Å². The molecule has 0 aliphatic carbocycles. The summed E-state index contributed by atoms with van der Waals surface area (Å²) >= 11 is 0. The first-order valence-electron chi connectivity index (χ1n) is 14.9. The Morgan fingerprint density at radius 3 is 1.02 bits per heavy atom. The Hall–Kier alpha value is -4.62. The molecule has 1 heterocycles. The number of allylic oxidation sites excluding steroid dienone is 4. The van der Waals surface area contributed by atoms with Crippen LogP contribution in [0, 0.1) is 20.8 Å². The van der Waals surface area contributed by atoms with Crippen molar-refractivity contribution in [1.29, 1.82) is 0 Å². The van der Waals surface area contributed by atoms with E-state index in [1.54, 1.807) is 0 Å². The molecule has 0 radical (unpaired) electrons. The molecule has 5 aromatic rings. The normalized spacial score (nSPS) is 14.0. The molecule has 1 heteroatoms. The monoisotopic (exact) mass is 540 g/mol. The van der Waals surface area contributed by atoms with Crippen LogP contribution in [0.2, 0.25) is 0 Å². The summed E-state index contributed by atoms with van der Waals surface area (Å²) in [5.41, 5.74) is 18.4. The quantitative estimate of drug-likeness (QED) is 0.195. The average Bonchev–Trinajstić information content (AvgIpc) is 3.11. The average molecular weight is 541 g/mol. The van der Waals surface area contributed by atoms with E-state index in [1.165, 1.54) is 77.6 Å². The van der Waals surface area contributed by atoms with Gasteiger partial charge >= 0.3 is 0 Å². The molecule has 1 aliphatic rings. The third-order valence-corrected chi connectivity index (χ3v) is 8.75. The van der Waals surface area contributed by atoms with Gasteiger partial charge in [0.1, 0.15) is 0 Å². The summed E-state index contributed by atoms with van der Waals surface area (Å²) in [5, 5.41) is 0. The predicted octanol–water partition coefficient (Wildman–Crippen LogP) is 9.96. The van der Waals surface area contributed by atoms with Gasteiger partial charge in [0.05, 0.1) is 0 Å². The summed E-state index contributed by atoms with van der Waals surface area (Å²) < 4.78 is 0. The molecule has 6 rings (SSSR count). The maximum atomic E-state index is 2.36. The Bertz CT molecular complexity index is 1690. The molecule has 0 amide bonds. The first kappa shape index (κ1) is 27.5. The Morgan fingerprint density at radius 2 is 0.690 bits per heavy atom. The van der Waals surface area contributed by atoms with Crippen LogP contribution in [0.4, 0.5) is 0 Å². The molecule has 0 fully saturated rings. The SMILES string of the molecule is CC1=C(C)C(c2ccccc2)=C(c2ccccc2)B(c2c(C)cc(C)cc2C)C(c2ccccc2)=C1c1ccccc1. The van der Waals surface area contributed by atoms with Crippen molar-refractivity contribution in [3.05, 3.63) is 184 Å². The van der Waals surface area contributed by atoms with Crippen molar-refractivity contribution in [2.24, 2.45) is 0 Å². The van der Waals surface area contributed by atoms with Crippen LogP contribution in [0.1, 0.15) is 52.8 Å². The van der Waals surface area contributed by atoms with Crippen LogP contribution in [0.3, 0.4) is 0 Å². The van der Waals surface area contributed by atoms with Crippen LogP contribution in [0.25, 0.3) is 22.1 Å². The highest BCUT2D eigenvalue weighted by Gasteiger charge is 2.38. The van der Waals surface area contributed by atoms with Gasteiger partial charge in [-0.15, -0.1) is 0 Å². The molecule has 0 saturated carbocycles. The number of aryl methyl sites for hydroxylation is 3. The van der Waals surface area contributed by atoms with Crippen molar-refractivity contribution in [1.82, 2.24) is 0 Å². The topological polar surface area (TPSA) is 0 Å². The molecule has 204 valence electrons. The van der Waals surface area contributed by atoms with Crippen LogP contribution in [-0.4, -0.2) is 6.71 Å². The van der Waals surface area contributed by atoms with E-state index in [4.69, 9.17) is 0 Å². The zero-order valence-electron chi connectivity index (χ0n) is 25.3. The number of hydrogen-bond donors (Lipinski definition) is 0. The number of hydrogen-bond acceptors (Lipinski definition) is 0. The van der Waals surface area contributed by atoms with Crippen LogP contribution < -0.4 is 5.46 Å². The highest BCUT2D eigenvalue weighted by molar-refractivity contribution is 7.06. The van der Waals surface area contributed by atoms with Crippen LogP contribution in [0.15, 0.2) is 145 Å². The van der Waals surface area contributed by atoms with Gasteiger partial charge in [-0.05, 0) is 79.2 Å². The molecule has 5 aromatic carbocycles. The number of rotatable bonds is 5. The second-order valence-corrected chi connectivity index (χ2v) is 11.5. The summed E-state index contributed by atoms with van der Waals surface area (Å²) in [6.07, 6.45) is 0. The second-order valence-electron chi connectivity index (χ2n) is 11.5. The largest absolute Gasteiger partial charge is 0.245 e. The molecule has 0 bridgehead atoms. The Balaban J connectivity index is 1.88. The predicted molar refractivity (Wildman–Crippen MR) is 184 cm³/mol. The van der Waals surface area contributed by atoms with Crippen molar-refractivity contribution in [2.75, 3.05) is 0 Å². The minimum absolute atomic E-state index is 0.00760. The molecule has 0 aromatic heterocycles. The van der Waals surface area contributed by atoms with Gasteiger partial charge in [-0.25, -0.2) is 0 Å². The number of benzene rings is 5. The van der Waals surface area contributed by atoms with Gasteiger partial charge in [0.25, 0.3) is 0 Å². The van der Waals surface area contributed by atoms with E-state index in [9.17, 15) is 0 Å². The van der Waals surface area contributed by atoms with Gasteiger partial charge in [0.2, 0.25) is 6.71 Å². The molecule has 42 heavy (non-hydrogen) atoms. The Labute approximate surface area is 251 Å². The lowest BCUT2D eigenvalue weighted by Gasteiger charge is -2.28. The first-order chi connectivity index (χ1) is 20.5. The highest BCUT2D eigenvalue weighted by atomic mass is 14.3. The van der Waals surface area contributed by atoms with Crippen LogP contribution in [0.5, 0.6) is 0 Å². The molecule has 0 atom stereocenters. The van der Waals surface area contributed by atoms with E-state index in [-0.39, 0.29) is 6.71 Å². The Morgan fingerprint density at radius 1 is 0.381 bits per heavy atom. The van der Waals surface area contributed by atoms with Crippen molar-refractivity contribution < 1.29 is 0 Å². The summed E-state index contributed by atoms with van der Waals surface area (Å²) in [6.45, 7) is 11.5. The lowest BCUT2D eigenvalue weighted by Crippen LogP contribution is -2.38. The van der Waals surface area contributed by atoms with Gasteiger partial charge in [-0.3, -0.25) is 0 Å². The molecule has 0 N–H and O–H groups in total. The molecule has 0 nitrogen and oxygen atoms in total. The van der Waals surface area contributed by atoms with E-state index in [0.29, 0.717) is 0 Å². The molecular formula is C41H37B. The molecule has 0 unspecified atom stereocenters. The summed E-state index contributed by atoms with van der Waals surface area (Å²) in [7, 11) is 0. The highest BCUT2D eigenvalue weighted by Crippen LogP contribution is 2.47. The van der Waals surface area contributed by atoms with Gasteiger partial charge in [-0.2, -0.15) is 0 Å². The third-order valence-electron chi connectivity index (χ3n) is 8.75. The van der Waals surface area contributed by atoms with Crippen LogP contribution in [-0.2, 0) is 0 Å². The minimum Gasteiger partial charge on any atom is -0.0628 e. The smallest absolute Gasteiger partial charge is 0.0628 e. The summed E-state index contributed by atoms with van der Waals surface area (Å²) in [5.74, 6) is 0. The third kappa shape index (κ3) is 5.01. The first-order valence-corrected chi connectivity index (χ1v) is 14.9. The fraction of sp³-hybridized carbons (Fsp3) is 0.122. The lowest BCUT2D eigenvalue weighted by atomic mass is 9.31. The van der Waals surface area contributed by atoms with Gasteiger partial charge in [-0.1, -0.05) is 167 Å². The van der Waals surface area contributed by atoms with Crippen molar-refractivity contribution in [3.8, 4) is 0 Å². The standard InChI is InChI=1S/C41H37B/c1-28-26-29(2)39(30(3)27-28)42-40(35-22-14-8-15-23-35)37(33-18-10-6-11-19-33)31(4)32(5)38(34-20-12-7-13-21-34)41(42)36-24-16-9-17-25-36/h6-27H,1-5H3. The lowest BCUT2D eigenvalue weighted by molar-refractivity contribution is 1.35. The second kappa shape index (κ2) is 11.7. The molecular weight excluding hydrogens is 503 g/mol. The summed E-state index contributed by atoms with van der Waals surface area (Å²) in [4.78, 5) is 0. The minimum atomic E-state index is 0.00760. The van der Waals surface area contributed by atoms with E-state index in [1.807, 2.05) is 0 Å². The van der Waals surface area contributed by atoms with Crippen molar-refractivity contribution in [3.63, 3.8) is 0 Å². The van der Waals surface area contributed by atoms with E-state index < -0.39 is 0 Å². The Kier molecular flexibility index (Phi) is 7.68. The van der Waals surface area contributed by atoms with Crippen LogP contribution >= 0.6 is 0 Å².